The van der Waals surface area contributed by atoms with Crippen LogP contribution in [0.1, 0.15) is 6.92 Å². The van der Waals surface area contributed by atoms with Crippen molar-refractivity contribution in [2.45, 2.75) is 11.8 Å². The molecule has 1 aromatic rings. The van der Waals surface area contributed by atoms with Crippen LogP contribution in [0.2, 0.25) is 0 Å². The van der Waals surface area contributed by atoms with E-state index >= 15 is 0 Å². The first-order chi connectivity index (χ1) is 9.85. The number of carboxylic acids is 1. The van der Waals surface area contributed by atoms with Crippen molar-refractivity contribution in [2.24, 2.45) is 5.92 Å². The Morgan fingerprint density at radius 2 is 1.95 bits per heavy atom. The number of carbonyl (C=O) groups is 1. The van der Waals surface area contributed by atoms with Crippen molar-refractivity contribution < 1.29 is 27.8 Å². The van der Waals surface area contributed by atoms with Crippen molar-refractivity contribution in [3.05, 3.63) is 24.3 Å². The zero-order valence-corrected chi connectivity index (χ0v) is 12.7. The Labute approximate surface area is 123 Å². The summed E-state index contributed by atoms with van der Waals surface area (Å²) in [6.45, 7) is 2.13. The lowest BCUT2D eigenvalue weighted by molar-refractivity contribution is -0.139. The molecule has 1 aromatic carbocycles. The average molecular weight is 317 g/mol. The normalized spacial score (nSPS) is 12.9. The van der Waals surface area contributed by atoms with Gasteiger partial charge in [0, 0.05) is 20.3 Å². The van der Waals surface area contributed by atoms with Crippen LogP contribution in [0.3, 0.4) is 0 Å². The van der Waals surface area contributed by atoms with Crippen LogP contribution in [0.25, 0.3) is 0 Å². The molecule has 1 atom stereocenters. The highest BCUT2D eigenvalue weighted by atomic mass is 32.2. The molecular weight excluding hydrogens is 298 g/mol. The van der Waals surface area contributed by atoms with Gasteiger partial charge in [-0.2, -0.15) is 0 Å². The lowest BCUT2D eigenvalue weighted by Crippen LogP contribution is -2.30. The van der Waals surface area contributed by atoms with Gasteiger partial charge in [0.15, 0.2) is 6.61 Å². The number of sulfonamides is 1. The van der Waals surface area contributed by atoms with Gasteiger partial charge >= 0.3 is 5.97 Å². The van der Waals surface area contributed by atoms with Crippen molar-refractivity contribution in [1.82, 2.24) is 4.72 Å². The zero-order valence-electron chi connectivity index (χ0n) is 11.9. The molecule has 7 nitrogen and oxygen atoms in total. The minimum atomic E-state index is -3.60. The average Bonchev–Trinajstić information content (AvgIpc) is 2.44. The third-order valence-corrected chi connectivity index (χ3v) is 4.01. The molecule has 0 spiro atoms. The number of benzene rings is 1. The number of hydrogen-bond donors (Lipinski definition) is 2. The fourth-order valence-corrected chi connectivity index (χ4v) is 2.70. The van der Waals surface area contributed by atoms with E-state index in [2.05, 4.69) is 4.72 Å². The predicted molar refractivity (Wildman–Crippen MR) is 75.8 cm³/mol. The van der Waals surface area contributed by atoms with Crippen molar-refractivity contribution in [1.29, 1.82) is 0 Å². The molecule has 0 radical (unpaired) electrons. The van der Waals surface area contributed by atoms with Gasteiger partial charge in [-0.3, -0.25) is 0 Å². The van der Waals surface area contributed by atoms with E-state index in [1.807, 2.05) is 6.92 Å². The molecule has 0 aromatic heterocycles. The SMILES string of the molecule is COCC(C)CNS(=O)(=O)c1ccc(OCC(=O)O)cc1. The Balaban J connectivity index is 2.64. The smallest absolute Gasteiger partial charge is 0.341 e. The summed E-state index contributed by atoms with van der Waals surface area (Å²) in [7, 11) is -2.04. The highest BCUT2D eigenvalue weighted by Gasteiger charge is 2.15. The van der Waals surface area contributed by atoms with Gasteiger partial charge in [-0.1, -0.05) is 6.92 Å². The molecule has 2 N–H and O–H groups in total. The molecule has 0 amide bonds. The lowest BCUT2D eigenvalue weighted by atomic mass is 10.2. The highest BCUT2D eigenvalue weighted by molar-refractivity contribution is 7.89. The van der Waals surface area contributed by atoms with Crippen molar-refractivity contribution in [3.63, 3.8) is 0 Å². The summed E-state index contributed by atoms with van der Waals surface area (Å²) in [5.41, 5.74) is 0. The monoisotopic (exact) mass is 317 g/mol. The maximum atomic E-state index is 12.0. The van der Waals surface area contributed by atoms with E-state index < -0.39 is 22.6 Å². The lowest BCUT2D eigenvalue weighted by Gasteiger charge is -2.12. The molecule has 8 heteroatoms. The fourth-order valence-electron chi connectivity index (χ4n) is 1.54. The van der Waals surface area contributed by atoms with Gasteiger partial charge < -0.3 is 14.6 Å². The van der Waals surface area contributed by atoms with Gasteiger partial charge in [-0.15, -0.1) is 0 Å². The zero-order chi connectivity index (χ0) is 15.9. The molecule has 1 rings (SSSR count). The molecule has 0 aliphatic rings. The molecular formula is C13H19NO6S. The Kier molecular flexibility index (Phi) is 6.60. The molecule has 0 bridgehead atoms. The van der Waals surface area contributed by atoms with Gasteiger partial charge in [0.25, 0.3) is 0 Å². The predicted octanol–water partition coefficient (Wildman–Crippen LogP) is 0.711. The molecule has 0 aliphatic heterocycles. The fraction of sp³-hybridized carbons (Fsp3) is 0.462. The second-order valence-electron chi connectivity index (χ2n) is 4.57. The topological polar surface area (TPSA) is 102 Å². The second-order valence-corrected chi connectivity index (χ2v) is 6.33. The first kappa shape index (κ1) is 17.4. The van der Waals surface area contributed by atoms with Crippen LogP contribution in [0.5, 0.6) is 5.75 Å². The van der Waals surface area contributed by atoms with Gasteiger partial charge in [-0.25, -0.2) is 17.9 Å². The van der Waals surface area contributed by atoms with Gasteiger partial charge in [0.2, 0.25) is 10.0 Å². The van der Waals surface area contributed by atoms with E-state index in [4.69, 9.17) is 14.6 Å². The van der Waals surface area contributed by atoms with Crippen LogP contribution < -0.4 is 9.46 Å². The Morgan fingerprint density at radius 3 is 2.48 bits per heavy atom. The number of ether oxygens (including phenoxy) is 2. The molecule has 0 saturated carbocycles. The quantitative estimate of drug-likeness (QED) is 0.695. The van der Waals surface area contributed by atoms with Gasteiger partial charge in [0.05, 0.1) is 4.90 Å². The maximum absolute atomic E-state index is 12.0. The molecule has 21 heavy (non-hydrogen) atoms. The van der Waals surface area contributed by atoms with Gasteiger partial charge in [-0.05, 0) is 30.2 Å². The van der Waals surface area contributed by atoms with Crippen LogP contribution in [-0.2, 0) is 19.6 Å². The number of aliphatic carboxylic acids is 1. The largest absolute Gasteiger partial charge is 0.482 e. The standard InChI is InChI=1S/C13H19NO6S/c1-10(8-19-2)7-14-21(17,18)12-5-3-11(4-6-12)20-9-13(15)16/h3-6,10,14H,7-9H2,1-2H3,(H,15,16). The van der Waals surface area contributed by atoms with Crippen LogP contribution in [0.4, 0.5) is 0 Å². The van der Waals surface area contributed by atoms with Crippen molar-refractivity contribution in [2.75, 3.05) is 26.9 Å². The molecule has 0 heterocycles. The van der Waals surface area contributed by atoms with E-state index in [-0.39, 0.29) is 17.4 Å². The van der Waals surface area contributed by atoms with Crippen molar-refractivity contribution >= 4 is 16.0 Å². The molecule has 0 aliphatic carbocycles. The number of methoxy groups -OCH3 is 1. The Morgan fingerprint density at radius 1 is 1.33 bits per heavy atom. The summed E-state index contributed by atoms with van der Waals surface area (Å²) >= 11 is 0. The number of carboxylic acid groups (broad SMARTS) is 1. The Hall–Kier alpha value is -1.64. The molecule has 1 unspecified atom stereocenters. The van der Waals surface area contributed by atoms with E-state index in [1.54, 1.807) is 7.11 Å². The summed E-state index contributed by atoms with van der Waals surface area (Å²) < 4.78 is 36.4. The first-order valence-corrected chi connectivity index (χ1v) is 7.76. The van der Waals surface area contributed by atoms with Crippen LogP contribution >= 0.6 is 0 Å². The summed E-state index contributed by atoms with van der Waals surface area (Å²) in [6.07, 6.45) is 0. The summed E-state index contributed by atoms with van der Waals surface area (Å²) in [4.78, 5) is 10.5. The first-order valence-electron chi connectivity index (χ1n) is 6.28. The molecule has 0 fully saturated rings. The summed E-state index contributed by atoms with van der Waals surface area (Å²) in [5.74, 6) is -0.743. The van der Waals surface area contributed by atoms with Gasteiger partial charge in [0.1, 0.15) is 5.75 Å². The maximum Gasteiger partial charge on any atom is 0.341 e. The molecule has 118 valence electrons. The van der Waals surface area contributed by atoms with E-state index in [0.29, 0.717) is 12.4 Å². The van der Waals surface area contributed by atoms with E-state index in [9.17, 15) is 13.2 Å². The number of nitrogens with one attached hydrogen (secondary N) is 1. The second kappa shape index (κ2) is 7.96. The van der Waals surface area contributed by atoms with Crippen LogP contribution in [-0.4, -0.2) is 46.4 Å². The minimum absolute atomic E-state index is 0.0583. The summed E-state index contributed by atoms with van der Waals surface area (Å²) in [5, 5.41) is 8.48. The molecule has 0 saturated heterocycles. The van der Waals surface area contributed by atoms with Crippen molar-refractivity contribution in [3.8, 4) is 5.75 Å². The summed E-state index contributed by atoms with van der Waals surface area (Å²) in [6, 6.07) is 5.55. The third-order valence-electron chi connectivity index (χ3n) is 2.57. The van der Waals surface area contributed by atoms with Crippen LogP contribution in [0.15, 0.2) is 29.2 Å². The third kappa shape index (κ3) is 6.11. The van der Waals surface area contributed by atoms with Crippen LogP contribution in [0, 0.1) is 5.92 Å². The van der Waals surface area contributed by atoms with E-state index in [1.165, 1.54) is 24.3 Å². The highest BCUT2D eigenvalue weighted by Crippen LogP contribution is 2.16. The van der Waals surface area contributed by atoms with E-state index in [0.717, 1.165) is 0 Å². The number of rotatable bonds is 9. The minimum Gasteiger partial charge on any atom is -0.482 e. The Bertz CT molecular complexity index is 555. The number of hydrogen-bond acceptors (Lipinski definition) is 5.